The fourth-order valence-electron chi connectivity index (χ4n) is 3.70. The highest BCUT2D eigenvalue weighted by atomic mass is 19.1. The Balaban J connectivity index is 1.48. The fourth-order valence-corrected chi connectivity index (χ4v) is 3.70. The number of carbonyl (C=O) groups is 1. The van der Waals surface area contributed by atoms with Crippen molar-refractivity contribution in [3.8, 4) is 11.4 Å². The summed E-state index contributed by atoms with van der Waals surface area (Å²) in [6.45, 7) is 5.44. The van der Waals surface area contributed by atoms with E-state index in [-0.39, 0.29) is 11.8 Å². The van der Waals surface area contributed by atoms with Crippen LogP contribution < -0.4 is 0 Å². The first kappa shape index (κ1) is 19.3. The molecule has 1 fully saturated rings. The van der Waals surface area contributed by atoms with Gasteiger partial charge >= 0.3 is 0 Å². The van der Waals surface area contributed by atoms with Gasteiger partial charge in [0, 0.05) is 24.2 Å². The summed E-state index contributed by atoms with van der Waals surface area (Å²) in [6.07, 6.45) is 1.72. The van der Waals surface area contributed by atoms with Crippen LogP contribution in [0.5, 0.6) is 0 Å². The molecule has 4 rings (SSSR count). The molecule has 2 heterocycles. The van der Waals surface area contributed by atoms with Crippen molar-refractivity contribution in [2.45, 2.75) is 38.5 Å². The molecule has 2 aromatic carbocycles. The van der Waals surface area contributed by atoms with E-state index in [1.807, 2.05) is 12.1 Å². The summed E-state index contributed by atoms with van der Waals surface area (Å²) in [5.74, 6) is 0.979. The first-order valence-corrected chi connectivity index (χ1v) is 10.00. The second-order valence-electron chi connectivity index (χ2n) is 7.83. The van der Waals surface area contributed by atoms with Crippen molar-refractivity contribution in [1.29, 1.82) is 0 Å². The molecule has 1 aliphatic rings. The highest BCUT2D eigenvalue weighted by Crippen LogP contribution is 2.29. The maximum Gasteiger partial charge on any atom is 0.253 e. The van der Waals surface area contributed by atoms with Crippen LogP contribution in [0.25, 0.3) is 11.4 Å². The van der Waals surface area contributed by atoms with Crippen molar-refractivity contribution in [2.24, 2.45) is 0 Å². The third-order valence-electron chi connectivity index (χ3n) is 5.41. The standard InChI is InChI=1S/C23H24FN3O2/c1-15(2)16-8-10-17(11-9-16)21-25-22(29-26-21)19-6-4-12-27(14-19)23(28)18-5-3-7-20(24)13-18/h3,5,7-11,13,15,19H,4,6,12,14H2,1-2H3/t19-/m0/s1. The minimum absolute atomic E-state index is 0.0163. The van der Waals surface area contributed by atoms with Crippen molar-refractivity contribution in [2.75, 3.05) is 13.1 Å². The van der Waals surface area contributed by atoms with E-state index in [2.05, 4.69) is 36.1 Å². The Morgan fingerprint density at radius 1 is 1.21 bits per heavy atom. The van der Waals surface area contributed by atoms with E-state index in [0.29, 0.717) is 36.3 Å². The maximum absolute atomic E-state index is 13.5. The molecule has 0 spiro atoms. The molecule has 1 aliphatic heterocycles. The van der Waals surface area contributed by atoms with Gasteiger partial charge in [-0.1, -0.05) is 49.3 Å². The molecule has 1 saturated heterocycles. The highest BCUT2D eigenvalue weighted by molar-refractivity contribution is 5.94. The molecule has 5 nitrogen and oxygen atoms in total. The summed E-state index contributed by atoms with van der Waals surface area (Å²) in [7, 11) is 0. The smallest absolute Gasteiger partial charge is 0.253 e. The zero-order valence-corrected chi connectivity index (χ0v) is 16.6. The lowest BCUT2D eigenvalue weighted by Crippen LogP contribution is -2.39. The van der Waals surface area contributed by atoms with Crippen molar-refractivity contribution < 1.29 is 13.7 Å². The quantitative estimate of drug-likeness (QED) is 0.625. The summed E-state index contributed by atoms with van der Waals surface area (Å²) < 4.78 is 19.0. The zero-order chi connectivity index (χ0) is 20.4. The number of halogens is 1. The van der Waals surface area contributed by atoms with Gasteiger partial charge < -0.3 is 9.42 Å². The molecular weight excluding hydrogens is 369 g/mol. The van der Waals surface area contributed by atoms with E-state index in [9.17, 15) is 9.18 Å². The molecule has 29 heavy (non-hydrogen) atoms. The van der Waals surface area contributed by atoms with Crippen LogP contribution in [0.4, 0.5) is 4.39 Å². The second-order valence-corrected chi connectivity index (χ2v) is 7.83. The van der Waals surface area contributed by atoms with Crippen molar-refractivity contribution in [1.82, 2.24) is 15.0 Å². The maximum atomic E-state index is 13.5. The largest absolute Gasteiger partial charge is 0.339 e. The zero-order valence-electron chi connectivity index (χ0n) is 16.6. The number of rotatable bonds is 4. The van der Waals surface area contributed by atoms with E-state index < -0.39 is 5.82 Å². The van der Waals surface area contributed by atoms with Crippen molar-refractivity contribution in [3.05, 3.63) is 71.4 Å². The molecule has 0 saturated carbocycles. The van der Waals surface area contributed by atoms with Gasteiger partial charge in [-0.2, -0.15) is 4.98 Å². The SMILES string of the molecule is CC(C)c1ccc(-c2noc([C@H]3CCCN(C(=O)c4cccc(F)c4)C3)n2)cc1. The molecule has 1 atom stereocenters. The van der Waals surface area contributed by atoms with Gasteiger partial charge in [-0.15, -0.1) is 0 Å². The normalized spacial score (nSPS) is 17.0. The van der Waals surface area contributed by atoms with Gasteiger partial charge in [-0.25, -0.2) is 4.39 Å². The van der Waals surface area contributed by atoms with E-state index in [0.717, 1.165) is 18.4 Å². The molecule has 6 heteroatoms. The van der Waals surface area contributed by atoms with Crippen LogP contribution in [-0.4, -0.2) is 34.0 Å². The third-order valence-corrected chi connectivity index (χ3v) is 5.41. The Kier molecular flexibility index (Phi) is 5.43. The Morgan fingerprint density at radius 3 is 2.72 bits per heavy atom. The van der Waals surface area contributed by atoms with E-state index >= 15 is 0 Å². The number of nitrogens with zero attached hydrogens (tertiary/aromatic N) is 3. The minimum Gasteiger partial charge on any atom is -0.339 e. The van der Waals surface area contributed by atoms with Crippen LogP contribution in [0.3, 0.4) is 0 Å². The first-order valence-electron chi connectivity index (χ1n) is 10.00. The minimum atomic E-state index is -0.408. The lowest BCUT2D eigenvalue weighted by atomic mass is 9.97. The number of hydrogen-bond acceptors (Lipinski definition) is 4. The van der Waals surface area contributed by atoms with Gasteiger partial charge in [0.2, 0.25) is 11.7 Å². The summed E-state index contributed by atoms with van der Waals surface area (Å²) in [5.41, 5.74) is 2.53. The number of amides is 1. The van der Waals surface area contributed by atoms with Crippen LogP contribution in [0, 0.1) is 5.82 Å². The van der Waals surface area contributed by atoms with E-state index in [4.69, 9.17) is 4.52 Å². The van der Waals surface area contributed by atoms with Crippen molar-refractivity contribution in [3.63, 3.8) is 0 Å². The Hall–Kier alpha value is -3.02. The second kappa shape index (κ2) is 8.15. The van der Waals surface area contributed by atoms with Gasteiger partial charge in [-0.3, -0.25) is 4.79 Å². The fraction of sp³-hybridized carbons (Fsp3) is 0.348. The molecule has 0 unspecified atom stereocenters. The van der Waals surface area contributed by atoms with Crippen molar-refractivity contribution >= 4 is 5.91 Å². The van der Waals surface area contributed by atoms with Crippen LogP contribution in [-0.2, 0) is 0 Å². The van der Waals surface area contributed by atoms with E-state index in [1.54, 1.807) is 17.0 Å². The average Bonchev–Trinajstić information content (AvgIpc) is 3.24. The number of likely N-dealkylation sites (tertiary alicyclic amines) is 1. The Bertz CT molecular complexity index is 997. The van der Waals surface area contributed by atoms with Gasteiger partial charge in [0.15, 0.2) is 0 Å². The molecule has 0 N–H and O–H groups in total. The number of hydrogen-bond donors (Lipinski definition) is 0. The number of piperidine rings is 1. The number of carbonyl (C=O) groups excluding carboxylic acids is 1. The van der Waals surface area contributed by atoms with E-state index in [1.165, 1.54) is 17.7 Å². The van der Waals surface area contributed by atoms with Crippen LogP contribution in [0.15, 0.2) is 53.1 Å². The predicted molar refractivity (Wildman–Crippen MR) is 108 cm³/mol. The molecule has 3 aromatic rings. The lowest BCUT2D eigenvalue weighted by molar-refractivity contribution is 0.0695. The van der Waals surface area contributed by atoms with Crippen LogP contribution in [0.1, 0.15) is 60.3 Å². The molecule has 0 bridgehead atoms. The summed E-state index contributed by atoms with van der Waals surface area (Å²) in [4.78, 5) is 19.1. The lowest BCUT2D eigenvalue weighted by Gasteiger charge is -2.31. The van der Waals surface area contributed by atoms with Gasteiger partial charge in [-0.05, 0) is 42.5 Å². The Morgan fingerprint density at radius 2 is 2.00 bits per heavy atom. The highest BCUT2D eigenvalue weighted by Gasteiger charge is 2.29. The average molecular weight is 393 g/mol. The molecular formula is C23H24FN3O2. The van der Waals surface area contributed by atoms with Gasteiger partial charge in [0.05, 0.1) is 5.92 Å². The van der Waals surface area contributed by atoms with Gasteiger partial charge in [0.1, 0.15) is 5.82 Å². The molecule has 0 aliphatic carbocycles. The topological polar surface area (TPSA) is 59.2 Å². The third kappa shape index (κ3) is 4.21. The summed E-state index contributed by atoms with van der Waals surface area (Å²) >= 11 is 0. The molecule has 1 amide bonds. The molecule has 150 valence electrons. The van der Waals surface area contributed by atoms with Gasteiger partial charge in [0.25, 0.3) is 5.91 Å². The Labute approximate surface area is 169 Å². The predicted octanol–water partition coefficient (Wildman–Crippen LogP) is 5.02. The van der Waals surface area contributed by atoms with Crippen LogP contribution in [0.2, 0.25) is 0 Å². The summed E-state index contributed by atoms with van der Waals surface area (Å²) in [5, 5.41) is 4.14. The molecule has 0 radical (unpaired) electrons. The van der Waals surface area contributed by atoms with Crippen LogP contribution >= 0.6 is 0 Å². The first-order chi connectivity index (χ1) is 14.0. The molecule has 1 aromatic heterocycles. The number of benzene rings is 2. The number of aromatic nitrogens is 2. The monoisotopic (exact) mass is 393 g/mol. The summed E-state index contributed by atoms with van der Waals surface area (Å²) in [6, 6.07) is 14.0.